The van der Waals surface area contributed by atoms with Gasteiger partial charge in [-0.3, -0.25) is 14.4 Å². The lowest BCUT2D eigenvalue weighted by Crippen LogP contribution is -2.29. The second-order valence-electron chi connectivity index (χ2n) is 6.36. The minimum atomic E-state index is -0.738. The Bertz CT molecular complexity index is 1040. The third-order valence-electron chi connectivity index (χ3n) is 4.48. The van der Waals surface area contributed by atoms with Crippen LogP contribution in [0, 0.1) is 13.8 Å². The van der Waals surface area contributed by atoms with Crippen molar-refractivity contribution in [1.29, 1.82) is 0 Å². The van der Waals surface area contributed by atoms with E-state index >= 15 is 0 Å². The molecular formula is C21H17BrN2O5. The number of nitrogens with one attached hydrogen (secondary N) is 1. The van der Waals surface area contributed by atoms with Gasteiger partial charge in [-0.2, -0.15) is 0 Å². The van der Waals surface area contributed by atoms with Crippen molar-refractivity contribution in [3.05, 3.63) is 69.7 Å². The molecule has 0 bridgehead atoms. The zero-order chi connectivity index (χ0) is 21.1. The van der Waals surface area contributed by atoms with Crippen LogP contribution < -0.4 is 10.2 Å². The monoisotopic (exact) mass is 456 g/mol. The first-order chi connectivity index (χ1) is 13.8. The molecule has 8 heteroatoms. The van der Waals surface area contributed by atoms with E-state index in [0.717, 1.165) is 32.7 Å². The fraction of sp³-hybridized carbons (Fsp3) is 0.143. The first-order valence-electron chi connectivity index (χ1n) is 8.67. The molecule has 29 heavy (non-hydrogen) atoms. The number of imide groups is 1. The predicted molar refractivity (Wildman–Crippen MR) is 111 cm³/mol. The van der Waals surface area contributed by atoms with Crippen LogP contribution in [0.25, 0.3) is 0 Å². The maximum atomic E-state index is 12.3. The number of anilines is 2. The fourth-order valence-electron chi connectivity index (χ4n) is 2.75. The molecule has 0 fully saturated rings. The standard InChI is InChI=1S/C21H17BrN2O5/c1-12-13(2)17(7-6-16(12)22)23-18(25)11-29-21(28)14-4-3-5-15(10-14)24-19(26)8-9-20(24)27/h3-10H,11H2,1-2H3,(H,23,25). The predicted octanol–water partition coefficient (Wildman–Crippen LogP) is 3.29. The summed E-state index contributed by atoms with van der Waals surface area (Å²) in [6.07, 6.45) is 2.31. The molecule has 1 N–H and O–H groups in total. The van der Waals surface area contributed by atoms with E-state index in [2.05, 4.69) is 21.2 Å². The Hall–Kier alpha value is -3.26. The summed E-state index contributed by atoms with van der Waals surface area (Å²) < 4.78 is 6.00. The molecule has 148 valence electrons. The van der Waals surface area contributed by atoms with Crippen LogP contribution in [-0.4, -0.2) is 30.3 Å². The van der Waals surface area contributed by atoms with E-state index in [9.17, 15) is 19.2 Å². The quantitative estimate of drug-likeness (QED) is 0.550. The van der Waals surface area contributed by atoms with E-state index in [1.807, 2.05) is 19.9 Å². The molecule has 2 aromatic rings. The van der Waals surface area contributed by atoms with Gasteiger partial charge in [0.15, 0.2) is 6.61 Å². The molecule has 3 rings (SSSR count). The number of nitrogens with zero attached hydrogens (tertiary/aromatic N) is 1. The third kappa shape index (κ3) is 4.43. The van der Waals surface area contributed by atoms with Gasteiger partial charge in [-0.15, -0.1) is 0 Å². The van der Waals surface area contributed by atoms with E-state index in [4.69, 9.17) is 4.74 Å². The van der Waals surface area contributed by atoms with Gasteiger partial charge in [0.1, 0.15) is 0 Å². The van der Waals surface area contributed by atoms with Gasteiger partial charge in [0.25, 0.3) is 17.7 Å². The molecular weight excluding hydrogens is 440 g/mol. The van der Waals surface area contributed by atoms with Gasteiger partial charge in [-0.25, -0.2) is 9.69 Å². The topological polar surface area (TPSA) is 92.8 Å². The molecule has 0 radical (unpaired) electrons. The van der Waals surface area contributed by atoms with Gasteiger partial charge in [-0.1, -0.05) is 22.0 Å². The zero-order valence-electron chi connectivity index (χ0n) is 15.7. The summed E-state index contributed by atoms with van der Waals surface area (Å²) >= 11 is 3.43. The van der Waals surface area contributed by atoms with Crippen LogP contribution in [0.3, 0.4) is 0 Å². The van der Waals surface area contributed by atoms with Crippen LogP contribution in [0.2, 0.25) is 0 Å². The lowest BCUT2D eigenvalue weighted by molar-refractivity contribution is -0.120. The number of ether oxygens (including phenoxy) is 1. The van der Waals surface area contributed by atoms with Crippen LogP contribution in [0.4, 0.5) is 11.4 Å². The molecule has 1 heterocycles. The van der Waals surface area contributed by atoms with Gasteiger partial charge in [-0.05, 0) is 55.3 Å². The average Bonchev–Trinajstić information content (AvgIpc) is 3.05. The summed E-state index contributed by atoms with van der Waals surface area (Å²) in [6, 6.07) is 9.48. The largest absolute Gasteiger partial charge is 0.452 e. The molecule has 1 aliphatic rings. The van der Waals surface area contributed by atoms with Crippen molar-refractivity contribution in [3.8, 4) is 0 Å². The summed E-state index contributed by atoms with van der Waals surface area (Å²) in [5.41, 5.74) is 2.91. The number of esters is 1. The smallest absolute Gasteiger partial charge is 0.338 e. The highest BCUT2D eigenvalue weighted by Gasteiger charge is 2.25. The summed E-state index contributed by atoms with van der Waals surface area (Å²) in [5, 5.41) is 2.71. The lowest BCUT2D eigenvalue weighted by atomic mass is 10.1. The number of benzene rings is 2. The number of halogens is 1. The highest BCUT2D eigenvalue weighted by molar-refractivity contribution is 9.10. The van der Waals surface area contributed by atoms with Crippen LogP contribution in [0.15, 0.2) is 53.0 Å². The summed E-state index contributed by atoms with van der Waals surface area (Å²) in [7, 11) is 0. The van der Waals surface area contributed by atoms with Crippen LogP contribution in [0.5, 0.6) is 0 Å². The van der Waals surface area contributed by atoms with Crippen LogP contribution >= 0.6 is 15.9 Å². The highest BCUT2D eigenvalue weighted by atomic mass is 79.9. The average molecular weight is 457 g/mol. The van der Waals surface area contributed by atoms with Crippen molar-refractivity contribution in [2.45, 2.75) is 13.8 Å². The van der Waals surface area contributed by atoms with E-state index in [1.165, 1.54) is 24.3 Å². The third-order valence-corrected chi connectivity index (χ3v) is 5.34. The van der Waals surface area contributed by atoms with E-state index in [0.29, 0.717) is 5.69 Å². The van der Waals surface area contributed by atoms with Crippen molar-refractivity contribution >= 4 is 51.0 Å². The van der Waals surface area contributed by atoms with E-state index in [1.54, 1.807) is 6.07 Å². The van der Waals surface area contributed by atoms with E-state index < -0.39 is 30.3 Å². The minimum absolute atomic E-state index is 0.124. The molecule has 1 aliphatic heterocycles. The first kappa shape index (κ1) is 20.5. The summed E-state index contributed by atoms with van der Waals surface area (Å²) in [5.74, 6) is -2.19. The van der Waals surface area contributed by atoms with Gasteiger partial charge < -0.3 is 10.1 Å². The number of carbonyl (C=O) groups is 4. The molecule has 0 spiro atoms. The number of hydrogen-bond acceptors (Lipinski definition) is 5. The summed E-state index contributed by atoms with van der Waals surface area (Å²) in [6.45, 7) is 3.33. The maximum Gasteiger partial charge on any atom is 0.338 e. The Kier molecular flexibility index (Phi) is 5.93. The Labute approximate surface area is 175 Å². The molecule has 0 unspecified atom stereocenters. The SMILES string of the molecule is Cc1c(Br)ccc(NC(=O)COC(=O)c2cccc(N3C(=O)C=CC3=O)c2)c1C. The number of amides is 3. The molecule has 7 nitrogen and oxygen atoms in total. The highest BCUT2D eigenvalue weighted by Crippen LogP contribution is 2.26. The van der Waals surface area contributed by atoms with Gasteiger partial charge in [0, 0.05) is 22.3 Å². The van der Waals surface area contributed by atoms with E-state index in [-0.39, 0.29) is 11.3 Å². The van der Waals surface area contributed by atoms with Crippen molar-refractivity contribution in [3.63, 3.8) is 0 Å². The molecule has 0 saturated heterocycles. The Morgan fingerprint density at radius 1 is 1.03 bits per heavy atom. The second kappa shape index (κ2) is 8.40. The van der Waals surface area contributed by atoms with Crippen molar-refractivity contribution in [2.75, 3.05) is 16.8 Å². The molecule has 2 aromatic carbocycles. The van der Waals surface area contributed by atoms with Crippen molar-refractivity contribution < 1.29 is 23.9 Å². The molecule has 3 amide bonds. The molecule has 0 aliphatic carbocycles. The number of hydrogen-bond donors (Lipinski definition) is 1. The minimum Gasteiger partial charge on any atom is -0.452 e. The molecule has 0 saturated carbocycles. The van der Waals surface area contributed by atoms with Crippen LogP contribution in [-0.2, 0) is 19.1 Å². The number of rotatable bonds is 5. The second-order valence-corrected chi connectivity index (χ2v) is 7.22. The van der Waals surface area contributed by atoms with Gasteiger partial charge in [0.05, 0.1) is 11.3 Å². The summed E-state index contributed by atoms with van der Waals surface area (Å²) in [4.78, 5) is 48.9. The zero-order valence-corrected chi connectivity index (χ0v) is 17.3. The van der Waals surface area contributed by atoms with Gasteiger partial charge >= 0.3 is 5.97 Å². The maximum absolute atomic E-state index is 12.3. The van der Waals surface area contributed by atoms with Gasteiger partial charge in [0.2, 0.25) is 0 Å². The molecule has 0 aromatic heterocycles. The Morgan fingerprint density at radius 2 is 1.72 bits per heavy atom. The van der Waals surface area contributed by atoms with Crippen LogP contribution in [0.1, 0.15) is 21.5 Å². The Morgan fingerprint density at radius 3 is 2.41 bits per heavy atom. The normalized spacial score (nSPS) is 13.0. The number of carbonyl (C=O) groups excluding carboxylic acids is 4. The fourth-order valence-corrected chi connectivity index (χ4v) is 3.18. The molecule has 0 atom stereocenters. The van der Waals surface area contributed by atoms with Crippen molar-refractivity contribution in [1.82, 2.24) is 0 Å². The lowest BCUT2D eigenvalue weighted by Gasteiger charge is -2.15. The van der Waals surface area contributed by atoms with Crippen molar-refractivity contribution in [2.24, 2.45) is 0 Å². The first-order valence-corrected chi connectivity index (χ1v) is 9.46. The Balaban J connectivity index is 1.63.